The zero-order valence-corrected chi connectivity index (χ0v) is 9.11. The van der Waals surface area contributed by atoms with E-state index >= 15 is 0 Å². The van der Waals surface area contributed by atoms with E-state index in [1.54, 1.807) is 0 Å². The summed E-state index contributed by atoms with van der Waals surface area (Å²) in [5, 5.41) is 8.58. The molecule has 0 aliphatic carbocycles. The molecule has 82 valence electrons. The third-order valence-electron chi connectivity index (χ3n) is 3.13. The molecule has 0 aromatic heterocycles. The number of hydroxylamine groups is 1. The first kappa shape index (κ1) is 10.6. The lowest BCUT2D eigenvalue weighted by atomic mass is 9.97. The Morgan fingerprint density at radius 3 is 2.67 bits per heavy atom. The molecule has 1 atom stereocenters. The summed E-state index contributed by atoms with van der Waals surface area (Å²) in [6.07, 6.45) is 1.26. The summed E-state index contributed by atoms with van der Waals surface area (Å²) in [4.78, 5) is 2.37. The van der Waals surface area contributed by atoms with E-state index in [0.29, 0.717) is 12.5 Å². The average molecular weight is 206 g/mol. The van der Waals surface area contributed by atoms with E-state index in [1.807, 2.05) is 0 Å². The van der Waals surface area contributed by atoms with Crippen LogP contribution >= 0.6 is 0 Å². The highest BCUT2D eigenvalue weighted by atomic mass is 16.5. The van der Waals surface area contributed by atoms with Gasteiger partial charge in [-0.1, -0.05) is 24.3 Å². The number of hydrogen-bond acceptors (Lipinski definition) is 3. The molecule has 0 radical (unpaired) electrons. The normalized spacial score (nSPS) is 22.1. The van der Waals surface area contributed by atoms with Crippen LogP contribution in [-0.2, 0) is 6.54 Å². The van der Waals surface area contributed by atoms with Crippen LogP contribution in [0.3, 0.4) is 0 Å². The van der Waals surface area contributed by atoms with Gasteiger partial charge in [0.25, 0.3) is 0 Å². The van der Waals surface area contributed by atoms with Crippen molar-refractivity contribution in [1.29, 1.82) is 0 Å². The molecule has 1 aromatic rings. The van der Waals surface area contributed by atoms with Crippen molar-refractivity contribution in [2.45, 2.75) is 18.9 Å². The van der Waals surface area contributed by atoms with E-state index < -0.39 is 0 Å². The van der Waals surface area contributed by atoms with Crippen LogP contribution in [0.25, 0.3) is 0 Å². The Labute approximate surface area is 90.7 Å². The van der Waals surface area contributed by atoms with Gasteiger partial charge in [0.15, 0.2) is 0 Å². The summed E-state index contributed by atoms with van der Waals surface area (Å²) < 4.78 is 0. The molecule has 0 amide bonds. The molecular formula is C12H18N2O. The molecule has 1 aliphatic rings. The minimum Gasteiger partial charge on any atom is -0.316 e. The Balaban J connectivity index is 2.03. The summed E-state index contributed by atoms with van der Waals surface area (Å²) >= 11 is 0. The Kier molecular flexibility index (Phi) is 3.36. The van der Waals surface area contributed by atoms with Gasteiger partial charge in [-0.15, -0.1) is 0 Å². The molecule has 1 aromatic carbocycles. The van der Waals surface area contributed by atoms with Gasteiger partial charge in [0.1, 0.15) is 0 Å². The fourth-order valence-electron chi connectivity index (χ4n) is 2.21. The number of benzene rings is 1. The van der Waals surface area contributed by atoms with Crippen molar-refractivity contribution in [3.63, 3.8) is 0 Å². The smallest absolute Gasteiger partial charge is 0.0458 e. The van der Waals surface area contributed by atoms with Crippen LogP contribution in [0.4, 0.5) is 0 Å². The molecule has 0 saturated carbocycles. The van der Waals surface area contributed by atoms with Crippen LogP contribution in [0.1, 0.15) is 23.5 Å². The lowest BCUT2D eigenvalue weighted by Crippen LogP contribution is -2.13. The van der Waals surface area contributed by atoms with Gasteiger partial charge in [-0.3, -0.25) is 0 Å². The van der Waals surface area contributed by atoms with Crippen LogP contribution in [0.2, 0.25) is 0 Å². The third kappa shape index (κ3) is 2.56. The predicted molar refractivity (Wildman–Crippen MR) is 59.9 cm³/mol. The van der Waals surface area contributed by atoms with Crippen molar-refractivity contribution < 1.29 is 5.21 Å². The van der Waals surface area contributed by atoms with Crippen molar-refractivity contribution >= 4 is 0 Å². The van der Waals surface area contributed by atoms with Gasteiger partial charge in [0, 0.05) is 13.1 Å². The van der Waals surface area contributed by atoms with Crippen molar-refractivity contribution in [3.05, 3.63) is 35.4 Å². The molecular weight excluding hydrogens is 188 g/mol. The Bertz CT molecular complexity index is 310. The number of likely N-dealkylation sites (N-methyl/N-ethyl adjacent to an activating group) is 1. The minimum atomic E-state index is 0.519. The van der Waals surface area contributed by atoms with Crippen LogP contribution in [0.15, 0.2) is 24.3 Å². The van der Waals surface area contributed by atoms with Gasteiger partial charge in [0.05, 0.1) is 0 Å². The van der Waals surface area contributed by atoms with Gasteiger partial charge in [0.2, 0.25) is 0 Å². The van der Waals surface area contributed by atoms with Gasteiger partial charge in [-0.2, -0.15) is 0 Å². The van der Waals surface area contributed by atoms with Crippen LogP contribution in [-0.4, -0.2) is 30.2 Å². The number of likely N-dealkylation sites (tertiary alicyclic amines) is 1. The maximum atomic E-state index is 8.58. The lowest BCUT2D eigenvalue weighted by molar-refractivity contribution is 0.161. The molecule has 0 spiro atoms. The maximum Gasteiger partial charge on any atom is 0.0458 e. The zero-order chi connectivity index (χ0) is 10.7. The summed E-state index contributed by atoms with van der Waals surface area (Å²) in [6.45, 7) is 2.88. The van der Waals surface area contributed by atoms with Crippen LogP contribution in [0.5, 0.6) is 0 Å². The topological polar surface area (TPSA) is 35.5 Å². The van der Waals surface area contributed by atoms with E-state index in [0.717, 1.165) is 12.1 Å². The third-order valence-corrected chi connectivity index (χ3v) is 3.13. The van der Waals surface area contributed by atoms with E-state index in [9.17, 15) is 0 Å². The fourth-order valence-corrected chi connectivity index (χ4v) is 2.21. The molecule has 3 nitrogen and oxygen atoms in total. The van der Waals surface area contributed by atoms with Gasteiger partial charge >= 0.3 is 0 Å². The molecule has 1 fully saturated rings. The minimum absolute atomic E-state index is 0.519. The molecule has 2 N–H and O–H groups in total. The van der Waals surface area contributed by atoms with Gasteiger partial charge < -0.3 is 10.1 Å². The molecule has 15 heavy (non-hydrogen) atoms. The highest BCUT2D eigenvalue weighted by Gasteiger charge is 2.20. The second-order valence-electron chi connectivity index (χ2n) is 4.32. The molecule has 2 rings (SSSR count). The highest BCUT2D eigenvalue weighted by Crippen LogP contribution is 2.26. The predicted octanol–water partition coefficient (Wildman–Crippen LogP) is 1.58. The molecule has 3 heteroatoms. The first-order valence-electron chi connectivity index (χ1n) is 5.44. The number of nitrogens with zero attached hydrogens (tertiary/aromatic N) is 1. The van der Waals surface area contributed by atoms with Crippen LogP contribution < -0.4 is 5.48 Å². The van der Waals surface area contributed by atoms with Crippen molar-refractivity contribution in [3.8, 4) is 0 Å². The summed E-state index contributed by atoms with van der Waals surface area (Å²) in [6, 6.07) is 8.51. The largest absolute Gasteiger partial charge is 0.316 e. The molecule has 0 bridgehead atoms. The number of rotatable bonds is 3. The lowest BCUT2D eigenvalue weighted by Gasteiger charge is -2.11. The van der Waals surface area contributed by atoms with E-state index in [4.69, 9.17) is 5.21 Å². The van der Waals surface area contributed by atoms with E-state index in [1.165, 1.54) is 18.5 Å². The van der Waals surface area contributed by atoms with Crippen molar-refractivity contribution in [2.75, 3.05) is 20.1 Å². The van der Waals surface area contributed by atoms with E-state index in [2.05, 4.69) is 41.7 Å². The second-order valence-corrected chi connectivity index (χ2v) is 4.32. The molecule has 1 unspecified atom stereocenters. The first-order chi connectivity index (χ1) is 7.29. The Hall–Kier alpha value is -0.900. The van der Waals surface area contributed by atoms with Crippen LogP contribution in [0, 0.1) is 0 Å². The quantitative estimate of drug-likeness (QED) is 0.737. The fraction of sp³-hybridized carbons (Fsp3) is 0.500. The number of hydrogen-bond donors (Lipinski definition) is 2. The summed E-state index contributed by atoms with van der Waals surface area (Å²) in [7, 11) is 2.17. The molecule has 1 heterocycles. The Morgan fingerprint density at radius 2 is 2.13 bits per heavy atom. The highest BCUT2D eigenvalue weighted by molar-refractivity contribution is 5.26. The average Bonchev–Trinajstić information content (AvgIpc) is 2.67. The van der Waals surface area contributed by atoms with Gasteiger partial charge in [-0.05, 0) is 37.1 Å². The first-order valence-corrected chi connectivity index (χ1v) is 5.44. The maximum absolute atomic E-state index is 8.58. The van der Waals surface area contributed by atoms with E-state index in [-0.39, 0.29) is 0 Å². The van der Waals surface area contributed by atoms with Gasteiger partial charge in [-0.25, -0.2) is 5.48 Å². The summed E-state index contributed by atoms with van der Waals surface area (Å²) in [5.41, 5.74) is 4.71. The van der Waals surface area contributed by atoms with Crippen molar-refractivity contribution in [1.82, 2.24) is 10.4 Å². The molecule has 1 saturated heterocycles. The zero-order valence-electron chi connectivity index (χ0n) is 9.11. The standard InChI is InChI=1S/C12H18N2O/c1-14-7-6-12(9-14)11-4-2-10(3-5-11)8-13-15/h2-5,12-13,15H,6-9H2,1H3. The number of nitrogens with one attached hydrogen (secondary N) is 1. The second kappa shape index (κ2) is 4.75. The summed E-state index contributed by atoms with van der Waals surface area (Å²) in [5.74, 6) is 0.686. The SMILES string of the molecule is CN1CCC(c2ccc(CNO)cc2)C1. The molecule has 1 aliphatic heterocycles. The van der Waals surface area contributed by atoms with Crippen molar-refractivity contribution in [2.24, 2.45) is 0 Å². The Morgan fingerprint density at radius 1 is 1.40 bits per heavy atom. The monoisotopic (exact) mass is 206 g/mol.